The lowest BCUT2D eigenvalue weighted by Crippen LogP contribution is -2.32. The molecule has 0 N–H and O–H groups in total. The zero-order chi connectivity index (χ0) is 17.1. The summed E-state index contributed by atoms with van der Waals surface area (Å²) in [6.45, 7) is 2.16. The predicted octanol–water partition coefficient (Wildman–Crippen LogP) is 3.11. The van der Waals surface area contributed by atoms with E-state index in [2.05, 4.69) is 0 Å². The van der Waals surface area contributed by atoms with Gasteiger partial charge in [0, 0.05) is 0 Å². The molecule has 2 aliphatic heterocycles. The number of hydrogen-bond acceptors (Lipinski definition) is 5. The van der Waals surface area contributed by atoms with E-state index in [1.54, 1.807) is 11.8 Å². The lowest BCUT2D eigenvalue weighted by molar-refractivity contribution is -0.128. The van der Waals surface area contributed by atoms with Gasteiger partial charge in [-0.1, -0.05) is 24.3 Å². The van der Waals surface area contributed by atoms with Crippen molar-refractivity contribution in [3.63, 3.8) is 0 Å². The molecule has 0 aromatic heterocycles. The number of hydrogen-bond donors (Lipinski definition) is 0. The highest BCUT2D eigenvalue weighted by atomic mass is 32.2. The molecule has 1 saturated heterocycles. The van der Waals surface area contributed by atoms with E-state index in [0.717, 1.165) is 22.8 Å². The van der Waals surface area contributed by atoms with Gasteiger partial charge in [-0.3, -0.25) is 4.79 Å². The standard InChI is InChI=1S/C19H19NO4S/c21-18-13-25-19(14-6-7-16-17(12-14)24-11-10-23-16)20(18)8-9-22-15-4-2-1-3-5-15/h1-7,12,19H,8-11,13H2. The maximum atomic E-state index is 12.3. The second kappa shape index (κ2) is 7.27. The molecule has 25 heavy (non-hydrogen) atoms. The fourth-order valence-electron chi connectivity index (χ4n) is 2.96. The number of carbonyl (C=O) groups is 1. The van der Waals surface area contributed by atoms with Crippen LogP contribution in [-0.2, 0) is 4.79 Å². The molecule has 0 spiro atoms. The quantitative estimate of drug-likeness (QED) is 0.823. The first-order chi connectivity index (χ1) is 12.3. The number of nitrogens with zero attached hydrogens (tertiary/aromatic N) is 1. The summed E-state index contributed by atoms with van der Waals surface area (Å²) in [4.78, 5) is 14.2. The molecule has 0 bridgehead atoms. The first kappa shape index (κ1) is 16.1. The third kappa shape index (κ3) is 3.54. The first-order valence-corrected chi connectivity index (χ1v) is 9.34. The molecule has 1 fully saturated rings. The van der Waals surface area contributed by atoms with Crippen LogP contribution in [0.1, 0.15) is 10.9 Å². The number of para-hydroxylation sites is 1. The minimum Gasteiger partial charge on any atom is -0.492 e. The van der Waals surface area contributed by atoms with Crippen LogP contribution in [0.4, 0.5) is 0 Å². The SMILES string of the molecule is O=C1CSC(c2ccc3c(c2)OCCO3)N1CCOc1ccccc1. The summed E-state index contributed by atoms with van der Waals surface area (Å²) >= 11 is 1.63. The fraction of sp³-hybridized carbons (Fsp3) is 0.316. The summed E-state index contributed by atoms with van der Waals surface area (Å²) < 4.78 is 17.0. The summed E-state index contributed by atoms with van der Waals surface area (Å²) in [5.41, 5.74) is 1.06. The van der Waals surface area contributed by atoms with E-state index < -0.39 is 0 Å². The number of thioether (sulfide) groups is 1. The van der Waals surface area contributed by atoms with E-state index in [1.807, 2.05) is 53.4 Å². The van der Waals surface area contributed by atoms with Crippen LogP contribution in [0.15, 0.2) is 48.5 Å². The van der Waals surface area contributed by atoms with Gasteiger partial charge >= 0.3 is 0 Å². The Balaban J connectivity index is 1.44. The highest BCUT2D eigenvalue weighted by molar-refractivity contribution is 8.00. The Kier molecular flexibility index (Phi) is 4.70. The third-order valence-electron chi connectivity index (χ3n) is 4.16. The second-order valence-electron chi connectivity index (χ2n) is 5.82. The second-order valence-corrected chi connectivity index (χ2v) is 6.88. The molecule has 6 heteroatoms. The van der Waals surface area contributed by atoms with Crippen molar-refractivity contribution < 1.29 is 19.0 Å². The van der Waals surface area contributed by atoms with Gasteiger partial charge in [-0.25, -0.2) is 0 Å². The van der Waals surface area contributed by atoms with Crippen LogP contribution in [0.5, 0.6) is 17.2 Å². The van der Waals surface area contributed by atoms with Crippen molar-refractivity contribution in [2.75, 3.05) is 32.1 Å². The van der Waals surface area contributed by atoms with Gasteiger partial charge in [-0.15, -0.1) is 11.8 Å². The Morgan fingerprint density at radius 1 is 1.08 bits per heavy atom. The monoisotopic (exact) mass is 357 g/mol. The Labute approximate surface area is 150 Å². The van der Waals surface area contributed by atoms with Gasteiger partial charge in [-0.2, -0.15) is 0 Å². The van der Waals surface area contributed by atoms with Gasteiger partial charge in [0.15, 0.2) is 11.5 Å². The molecule has 5 nitrogen and oxygen atoms in total. The molecule has 2 aromatic carbocycles. The van der Waals surface area contributed by atoms with Crippen molar-refractivity contribution in [2.45, 2.75) is 5.37 Å². The number of ether oxygens (including phenoxy) is 3. The Hall–Kier alpha value is -2.34. The van der Waals surface area contributed by atoms with Crippen molar-refractivity contribution in [3.05, 3.63) is 54.1 Å². The molecule has 1 amide bonds. The zero-order valence-electron chi connectivity index (χ0n) is 13.7. The van der Waals surface area contributed by atoms with Crippen LogP contribution in [0, 0.1) is 0 Å². The number of fused-ring (bicyclic) bond motifs is 1. The average molecular weight is 357 g/mol. The van der Waals surface area contributed by atoms with E-state index >= 15 is 0 Å². The van der Waals surface area contributed by atoms with E-state index in [0.29, 0.717) is 32.1 Å². The molecule has 4 rings (SSSR count). The summed E-state index contributed by atoms with van der Waals surface area (Å²) in [6, 6.07) is 15.6. The summed E-state index contributed by atoms with van der Waals surface area (Å²) in [5.74, 6) is 2.97. The molecule has 2 heterocycles. The van der Waals surface area contributed by atoms with Crippen molar-refractivity contribution in [3.8, 4) is 17.2 Å². The van der Waals surface area contributed by atoms with Crippen LogP contribution >= 0.6 is 11.8 Å². The molecule has 2 aliphatic rings. The molecule has 0 radical (unpaired) electrons. The van der Waals surface area contributed by atoms with Crippen LogP contribution in [0.25, 0.3) is 0 Å². The molecule has 130 valence electrons. The van der Waals surface area contributed by atoms with Crippen LogP contribution < -0.4 is 14.2 Å². The van der Waals surface area contributed by atoms with Crippen molar-refractivity contribution in [1.82, 2.24) is 4.90 Å². The van der Waals surface area contributed by atoms with Gasteiger partial charge in [0.25, 0.3) is 0 Å². The van der Waals surface area contributed by atoms with E-state index in [-0.39, 0.29) is 11.3 Å². The average Bonchev–Trinajstić information content (AvgIpc) is 3.03. The van der Waals surface area contributed by atoms with Crippen LogP contribution in [0.3, 0.4) is 0 Å². The van der Waals surface area contributed by atoms with Gasteiger partial charge in [-0.05, 0) is 29.8 Å². The van der Waals surface area contributed by atoms with Gasteiger partial charge in [0.2, 0.25) is 5.91 Å². The minimum absolute atomic E-state index is 0.0114. The Morgan fingerprint density at radius 3 is 2.72 bits per heavy atom. The van der Waals surface area contributed by atoms with Crippen LogP contribution in [0.2, 0.25) is 0 Å². The van der Waals surface area contributed by atoms with Gasteiger partial charge in [0.1, 0.15) is 30.9 Å². The highest BCUT2D eigenvalue weighted by Crippen LogP contribution is 2.41. The Bertz CT molecular complexity index is 752. The summed E-state index contributed by atoms with van der Waals surface area (Å²) in [7, 11) is 0. The van der Waals surface area contributed by atoms with E-state index in [9.17, 15) is 4.79 Å². The van der Waals surface area contributed by atoms with E-state index in [4.69, 9.17) is 14.2 Å². The summed E-state index contributed by atoms with van der Waals surface area (Å²) in [5, 5.41) is -0.0114. The molecular formula is C19H19NO4S. The molecule has 2 aromatic rings. The van der Waals surface area contributed by atoms with E-state index in [1.165, 1.54) is 0 Å². The van der Waals surface area contributed by atoms with Crippen molar-refractivity contribution in [1.29, 1.82) is 0 Å². The lowest BCUT2D eigenvalue weighted by Gasteiger charge is -2.26. The lowest BCUT2D eigenvalue weighted by atomic mass is 10.1. The largest absolute Gasteiger partial charge is 0.492 e. The highest BCUT2D eigenvalue weighted by Gasteiger charge is 2.33. The molecular weight excluding hydrogens is 338 g/mol. The predicted molar refractivity (Wildman–Crippen MR) is 96.3 cm³/mol. The molecule has 1 unspecified atom stereocenters. The fourth-order valence-corrected chi connectivity index (χ4v) is 4.17. The smallest absolute Gasteiger partial charge is 0.233 e. The Morgan fingerprint density at radius 2 is 1.88 bits per heavy atom. The normalized spacial score (nSPS) is 19.1. The number of benzene rings is 2. The number of amides is 1. The maximum Gasteiger partial charge on any atom is 0.233 e. The minimum atomic E-state index is -0.0114. The molecule has 1 atom stereocenters. The molecule has 0 aliphatic carbocycles. The topological polar surface area (TPSA) is 48.0 Å². The molecule has 0 saturated carbocycles. The van der Waals surface area contributed by atoms with Gasteiger partial charge in [0.05, 0.1) is 12.3 Å². The maximum absolute atomic E-state index is 12.3. The zero-order valence-corrected chi connectivity index (χ0v) is 14.5. The number of rotatable bonds is 5. The third-order valence-corrected chi connectivity index (χ3v) is 5.42. The summed E-state index contributed by atoms with van der Waals surface area (Å²) in [6.07, 6.45) is 0. The van der Waals surface area contributed by atoms with Crippen LogP contribution in [-0.4, -0.2) is 42.9 Å². The number of carbonyl (C=O) groups excluding carboxylic acids is 1. The van der Waals surface area contributed by atoms with Gasteiger partial charge < -0.3 is 19.1 Å². The first-order valence-electron chi connectivity index (χ1n) is 8.30. The van der Waals surface area contributed by atoms with Crippen molar-refractivity contribution in [2.24, 2.45) is 0 Å². The van der Waals surface area contributed by atoms with Crippen molar-refractivity contribution >= 4 is 17.7 Å².